The van der Waals surface area contributed by atoms with Crippen LogP contribution in [0.2, 0.25) is 0 Å². The van der Waals surface area contributed by atoms with Crippen molar-refractivity contribution in [1.29, 1.82) is 0 Å². The van der Waals surface area contributed by atoms with Crippen LogP contribution in [0.3, 0.4) is 0 Å². The van der Waals surface area contributed by atoms with E-state index in [1.54, 1.807) is 30.3 Å². The predicted molar refractivity (Wildman–Crippen MR) is 57.0 cm³/mol. The average Bonchev–Trinajstić information content (AvgIpc) is 2.29. The number of carboxylic acid groups (broad SMARTS) is 1. The van der Waals surface area contributed by atoms with Crippen molar-refractivity contribution >= 4 is 11.9 Å². The highest BCUT2D eigenvalue weighted by atomic mass is 16.4. The minimum atomic E-state index is -1.66. The number of carboxylic acids is 1. The highest BCUT2D eigenvalue weighted by Gasteiger charge is 2.34. The molecular weight excluding hydrogens is 210 g/mol. The number of aliphatic hydroxyl groups is 1. The monoisotopic (exact) mass is 223 g/mol. The van der Waals surface area contributed by atoms with E-state index < -0.39 is 24.0 Å². The van der Waals surface area contributed by atoms with Crippen LogP contribution >= 0.6 is 0 Å². The van der Waals surface area contributed by atoms with Crippen molar-refractivity contribution in [3.63, 3.8) is 0 Å². The molecule has 86 valence electrons. The summed E-state index contributed by atoms with van der Waals surface area (Å²) in [5, 5.41) is 20.1. The van der Waals surface area contributed by atoms with Gasteiger partial charge >= 0.3 is 5.97 Å². The SMILES string of the molecule is CC(CO)(NC(=O)c1ccccc1)C(=O)O. The van der Waals surface area contributed by atoms with E-state index in [4.69, 9.17) is 10.2 Å². The molecule has 0 heterocycles. The highest BCUT2D eigenvalue weighted by molar-refractivity contribution is 5.97. The lowest BCUT2D eigenvalue weighted by Crippen LogP contribution is -2.54. The van der Waals surface area contributed by atoms with Crippen molar-refractivity contribution in [2.24, 2.45) is 0 Å². The molecule has 1 unspecified atom stereocenters. The lowest BCUT2D eigenvalue weighted by molar-refractivity contribution is -0.145. The zero-order chi connectivity index (χ0) is 12.2. The summed E-state index contributed by atoms with van der Waals surface area (Å²) in [6.45, 7) is 0.580. The molecule has 1 aromatic carbocycles. The van der Waals surface area contributed by atoms with E-state index in [0.29, 0.717) is 5.56 Å². The summed E-state index contributed by atoms with van der Waals surface area (Å²) in [4.78, 5) is 22.5. The van der Waals surface area contributed by atoms with E-state index in [-0.39, 0.29) is 0 Å². The first kappa shape index (κ1) is 12.2. The molecule has 0 bridgehead atoms. The molecule has 0 saturated carbocycles. The fourth-order valence-corrected chi connectivity index (χ4v) is 1.07. The molecule has 0 aromatic heterocycles. The summed E-state index contributed by atoms with van der Waals surface area (Å²) in [5.74, 6) is -1.81. The van der Waals surface area contributed by atoms with Gasteiger partial charge in [0.25, 0.3) is 5.91 Å². The number of hydrogen-bond acceptors (Lipinski definition) is 3. The Bertz CT molecular complexity index is 390. The summed E-state index contributed by atoms with van der Waals surface area (Å²) in [6, 6.07) is 8.22. The summed E-state index contributed by atoms with van der Waals surface area (Å²) >= 11 is 0. The van der Waals surface area contributed by atoms with Crippen molar-refractivity contribution < 1.29 is 19.8 Å². The van der Waals surface area contributed by atoms with Gasteiger partial charge in [-0.3, -0.25) is 4.79 Å². The Hall–Kier alpha value is -1.88. The topological polar surface area (TPSA) is 86.6 Å². The Morgan fingerprint density at radius 1 is 1.31 bits per heavy atom. The van der Waals surface area contributed by atoms with Gasteiger partial charge in [0.05, 0.1) is 6.61 Å². The lowest BCUT2D eigenvalue weighted by atomic mass is 10.0. The molecule has 1 atom stereocenters. The van der Waals surface area contributed by atoms with Crippen LogP contribution in [0.15, 0.2) is 30.3 Å². The average molecular weight is 223 g/mol. The van der Waals surface area contributed by atoms with Gasteiger partial charge in [-0.25, -0.2) is 4.79 Å². The Morgan fingerprint density at radius 3 is 2.31 bits per heavy atom. The second-order valence-corrected chi connectivity index (χ2v) is 3.62. The molecule has 1 aromatic rings. The maximum Gasteiger partial charge on any atom is 0.331 e. The van der Waals surface area contributed by atoms with Crippen LogP contribution in [0.1, 0.15) is 17.3 Å². The number of carbonyl (C=O) groups excluding carboxylic acids is 1. The van der Waals surface area contributed by atoms with Gasteiger partial charge in [-0.1, -0.05) is 18.2 Å². The number of carbonyl (C=O) groups is 2. The normalized spacial score (nSPS) is 13.9. The van der Waals surface area contributed by atoms with Crippen LogP contribution in [0.25, 0.3) is 0 Å². The molecule has 0 aliphatic carbocycles. The van der Waals surface area contributed by atoms with Gasteiger partial charge in [-0.05, 0) is 19.1 Å². The van der Waals surface area contributed by atoms with Gasteiger partial charge in [0, 0.05) is 5.56 Å². The molecule has 3 N–H and O–H groups in total. The van der Waals surface area contributed by atoms with Crippen LogP contribution in [-0.4, -0.2) is 34.2 Å². The maximum atomic E-state index is 11.6. The number of aliphatic hydroxyl groups excluding tert-OH is 1. The van der Waals surface area contributed by atoms with Crippen LogP contribution in [0, 0.1) is 0 Å². The van der Waals surface area contributed by atoms with Crippen LogP contribution < -0.4 is 5.32 Å². The van der Waals surface area contributed by atoms with Crippen molar-refractivity contribution in [1.82, 2.24) is 5.32 Å². The number of nitrogens with one attached hydrogen (secondary N) is 1. The summed E-state index contributed by atoms with van der Waals surface area (Å²) in [5.41, 5.74) is -1.31. The van der Waals surface area contributed by atoms with Crippen LogP contribution in [-0.2, 0) is 4.79 Å². The third-order valence-electron chi connectivity index (χ3n) is 2.21. The van der Waals surface area contributed by atoms with E-state index in [1.807, 2.05) is 0 Å². The number of benzene rings is 1. The standard InChI is InChI=1S/C11H13NO4/c1-11(7-13,10(15)16)12-9(14)8-5-3-2-4-6-8/h2-6,13H,7H2,1H3,(H,12,14)(H,15,16). The van der Waals surface area contributed by atoms with E-state index >= 15 is 0 Å². The van der Waals surface area contributed by atoms with Crippen molar-refractivity contribution in [2.75, 3.05) is 6.61 Å². The first-order chi connectivity index (χ1) is 7.49. The number of amides is 1. The lowest BCUT2D eigenvalue weighted by Gasteiger charge is -2.23. The first-order valence-electron chi connectivity index (χ1n) is 4.71. The number of aliphatic carboxylic acids is 1. The van der Waals surface area contributed by atoms with E-state index in [2.05, 4.69) is 5.32 Å². The number of hydrogen-bond donors (Lipinski definition) is 3. The molecule has 5 heteroatoms. The minimum Gasteiger partial charge on any atom is -0.479 e. The molecule has 5 nitrogen and oxygen atoms in total. The molecule has 0 fully saturated rings. The molecule has 0 aliphatic heterocycles. The van der Waals surface area contributed by atoms with Gasteiger partial charge in [0.2, 0.25) is 0 Å². The third kappa shape index (κ3) is 2.58. The minimum absolute atomic E-state index is 0.350. The Labute approximate surface area is 92.7 Å². The molecule has 0 spiro atoms. The maximum absolute atomic E-state index is 11.6. The predicted octanol–water partition coefficient (Wildman–Crippen LogP) is 0.252. The third-order valence-corrected chi connectivity index (χ3v) is 2.21. The molecule has 0 saturated heterocycles. The van der Waals surface area contributed by atoms with Crippen molar-refractivity contribution in [2.45, 2.75) is 12.5 Å². The highest BCUT2D eigenvalue weighted by Crippen LogP contribution is 2.06. The molecule has 1 rings (SSSR count). The van der Waals surface area contributed by atoms with E-state index in [0.717, 1.165) is 0 Å². The number of rotatable bonds is 4. The van der Waals surface area contributed by atoms with Gasteiger partial charge in [-0.15, -0.1) is 0 Å². The molecule has 0 radical (unpaired) electrons. The second-order valence-electron chi connectivity index (χ2n) is 3.62. The summed E-state index contributed by atoms with van der Waals surface area (Å²) < 4.78 is 0. The largest absolute Gasteiger partial charge is 0.479 e. The summed E-state index contributed by atoms with van der Waals surface area (Å²) in [6.07, 6.45) is 0. The first-order valence-corrected chi connectivity index (χ1v) is 4.71. The van der Waals surface area contributed by atoms with Crippen LogP contribution in [0.5, 0.6) is 0 Å². The zero-order valence-corrected chi connectivity index (χ0v) is 8.80. The molecule has 0 aliphatic rings. The zero-order valence-electron chi connectivity index (χ0n) is 8.80. The van der Waals surface area contributed by atoms with Gasteiger partial charge < -0.3 is 15.5 Å². The molecule has 1 amide bonds. The Balaban J connectivity index is 2.82. The smallest absolute Gasteiger partial charge is 0.331 e. The second kappa shape index (κ2) is 4.76. The van der Waals surface area contributed by atoms with Gasteiger partial charge in [0.1, 0.15) is 0 Å². The van der Waals surface area contributed by atoms with Gasteiger partial charge in [-0.2, -0.15) is 0 Å². The Kier molecular flexibility index (Phi) is 3.63. The fourth-order valence-electron chi connectivity index (χ4n) is 1.07. The summed E-state index contributed by atoms with van der Waals surface area (Å²) in [7, 11) is 0. The molecule has 16 heavy (non-hydrogen) atoms. The quantitative estimate of drug-likeness (QED) is 0.683. The van der Waals surface area contributed by atoms with E-state index in [9.17, 15) is 9.59 Å². The van der Waals surface area contributed by atoms with E-state index in [1.165, 1.54) is 6.92 Å². The Morgan fingerprint density at radius 2 is 1.88 bits per heavy atom. The molecular formula is C11H13NO4. The van der Waals surface area contributed by atoms with Gasteiger partial charge in [0.15, 0.2) is 5.54 Å². The van der Waals surface area contributed by atoms with Crippen molar-refractivity contribution in [3.8, 4) is 0 Å². The van der Waals surface area contributed by atoms with Crippen molar-refractivity contribution in [3.05, 3.63) is 35.9 Å². The van der Waals surface area contributed by atoms with Crippen LogP contribution in [0.4, 0.5) is 0 Å². The fraction of sp³-hybridized carbons (Fsp3) is 0.273.